The lowest BCUT2D eigenvalue weighted by Gasteiger charge is -2.11. The smallest absolute Gasteiger partial charge is 0.103 e. The van der Waals surface area contributed by atoms with Crippen LogP contribution in [-0.4, -0.2) is 4.57 Å². The van der Waals surface area contributed by atoms with Crippen LogP contribution in [0.2, 0.25) is 5.02 Å². The van der Waals surface area contributed by atoms with Crippen molar-refractivity contribution in [2.75, 3.05) is 0 Å². The minimum absolute atomic E-state index is 0.397. The molecular weight excluding hydrogens is 196 g/mol. The third kappa shape index (κ3) is 1.53. The molecule has 0 saturated heterocycles. The van der Waals surface area contributed by atoms with Crippen LogP contribution in [-0.2, 0) is 7.05 Å². The molecule has 2 nitrogen and oxygen atoms in total. The largest absolute Gasteiger partial charge is 0.349 e. The summed E-state index contributed by atoms with van der Waals surface area (Å²) in [6.45, 7) is 6.17. The number of hydrogen-bond acceptors (Lipinski definition) is 1. The second-order valence-electron chi connectivity index (χ2n) is 3.64. The lowest BCUT2D eigenvalue weighted by molar-refractivity contribution is 0.659. The fourth-order valence-electron chi connectivity index (χ4n) is 1.65. The zero-order valence-corrected chi connectivity index (χ0v) is 9.81. The van der Waals surface area contributed by atoms with Gasteiger partial charge in [-0.25, -0.2) is 0 Å². The van der Waals surface area contributed by atoms with Gasteiger partial charge < -0.3 is 4.57 Å². The molecule has 0 aromatic carbocycles. The van der Waals surface area contributed by atoms with Crippen molar-refractivity contribution in [3.8, 4) is 6.07 Å². The van der Waals surface area contributed by atoms with Crippen molar-refractivity contribution in [2.45, 2.75) is 33.1 Å². The first-order chi connectivity index (χ1) is 6.54. The first kappa shape index (κ1) is 11.1. The van der Waals surface area contributed by atoms with Gasteiger partial charge in [-0.05, 0) is 19.3 Å². The zero-order chi connectivity index (χ0) is 10.9. The number of nitrogens with zero attached hydrogens (tertiary/aromatic N) is 2. The Balaban J connectivity index is 3.39. The molecule has 0 spiro atoms. The molecule has 3 heteroatoms. The first-order valence-electron chi connectivity index (χ1n) is 4.79. The van der Waals surface area contributed by atoms with Crippen LogP contribution in [0.3, 0.4) is 0 Å². The van der Waals surface area contributed by atoms with Crippen molar-refractivity contribution in [1.82, 2.24) is 4.57 Å². The number of aromatic nitrogens is 1. The summed E-state index contributed by atoms with van der Waals surface area (Å²) in [5.74, 6) is 0.397. The molecule has 14 heavy (non-hydrogen) atoms. The van der Waals surface area contributed by atoms with E-state index < -0.39 is 0 Å². The predicted molar refractivity (Wildman–Crippen MR) is 58.6 cm³/mol. The van der Waals surface area contributed by atoms with Gasteiger partial charge in [0.2, 0.25) is 0 Å². The molecule has 76 valence electrons. The highest BCUT2D eigenvalue weighted by Gasteiger charge is 2.19. The van der Waals surface area contributed by atoms with E-state index in [1.807, 2.05) is 18.5 Å². The Bertz CT molecular complexity index is 385. The molecular formula is C11H15ClN2. The molecule has 0 amide bonds. The van der Waals surface area contributed by atoms with Gasteiger partial charge in [0, 0.05) is 18.4 Å². The summed E-state index contributed by atoms with van der Waals surface area (Å²) in [7, 11) is 1.96. The fourth-order valence-corrected chi connectivity index (χ4v) is 2.14. The molecule has 0 aliphatic heterocycles. The molecule has 0 radical (unpaired) electrons. The molecule has 0 saturated carbocycles. The molecule has 0 bridgehead atoms. The summed E-state index contributed by atoms with van der Waals surface area (Å²) in [6, 6.07) is 2.15. The van der Waals surface area contributed by atoms with Crippen LogP contribution in [0.4, 0.5) is 0 Å². The molecule has 0 aliphatic rings. The Morgan fingerprint density at radius 3 is 2.50 bits per heavy atom. The van der Waals surface area contributed by atoms with Crippen LogP contribution in [0.5, 0.6) is 0 Å². The van der Waals surface area contributed by atoms with E-state index in [1.165, 1.54) is 0 Å². The predicted octanol–water partition coefficient (Wildman–Crippen LogP) is 3.37. The van der Waals surface area contributed by atoms with E-state index in [1.54, 1.807) is 0 Å². The van der Waals surface area contributed by atoms with Crippen LogP contribution in [0.25, 0.3) is 0 Å². The highest BCUT2D eigenvalue weighted by atomic mass is 35.5. The van der Waals surface area contributed by atoms with Crippen molar-refractivity contribution in [2.24, 2.45) is 7.05 Å². The Morgan fingerprint density at radius 1 is 1.57 bits per heavy atom. The maximum atomic E-state index is 8.94. The molecule has 0 N–H and O–H groups in total. The molecule has 1 atom stereocenters. The number of halogens is 1. The number of nitriles is 1. The third-order valence-corrected chi connectivity index (χ3v) is 3.24. The fraction of sp³-hybridized carbons (Fsp3) is 0.545. The summed E-state index contributed by atoms with van der Waals surface area (Å²) in [5.41, 5.74) is 2.64. The quantitative estimate of drug-likeness (QED) is 0.736. The molecule has 1 aromatic heterocycles. The Kier molecular flexibility index (Phi) is 3.23. The SMILES string of the molecule is CCC(C)c1c(Cl)c(C#N)c(C)n1C. The third-order valence-electron chi connectivity index (χ3n) is 2.86. The van der Waals surface area contributed by atoms with Crippen LogP contribution in [0, 0.1) is 18.3 Å². The summed E-state index contributed by atoms with van der Waals surface area (Å²) in [4.78, 5) is 0. The normalized spacial score (nSPS) is 12.6. The molecule has 1 aromatic rings. The van der Waals surface area contributed by atoms with E-state index in [9.17, 15) is 0 Å². The second kappa shape index (κ2) is 4.06. The first-order valence-corrected chi connectivity index (χ1v) is 5.17. The van der Waals surface area contributed by atoms with Gasteiger partial charge in [0.15, 0.2) is 0 Å². The van der Waals surface area contributed by atoms with Gasteiger partial charge in [0.25, 0.3) is 0 Å². The van der Waals surface area contributed by atoms with Crippen molar-refractivity contribution < 1.29 is 0 Å². The van der Waals surface area contributed by atoms with Crippen molar-refractivity contribution in [3.05, 3.63) is 22.0 Å². The summed E-state index contributed by atoms with van der Waals surface area (Å²) >= 11 is 6.17. The van der Waals surface area contributed by atoms with E-state index in [0.717, 1.165) is 17.8 Å². The molecule has 0 fully saturated rings. The topological polar surface area (TPSA) is 28.7 Å². The molecule has 1 rings (SSSR count). The minimum Gasteiger partial charge on any atom is -0.349 e. The standard InChI is InChI=1S/C11H15ClN2/c1-5-7(2)11-10(12)9(6-13)8(3)14(11)4/h7H,5H2,1-4H3. The van der Waals surface area contributed by atoms with E-state index in [0.29, 0.717) is 16.5 Å². The second-order valence-corrected chi connectivity index (χ2v) is 4.02. The Morgan fingerprint density at radius 2 is 2.14 bits per heavy atom. The maximum Gasteiger partial charge on any atom is 0.103 e. The van der Waals surface area contributed by atoms with Gasteiger partial charge >= 0.3 is 0 Å². The van der Waals surface area contributed by atoms with Gasteiger partial charge in [0.05, 0.1) is 10.6 Å². The van der Waals surface area contributed by atoms with Crippen LogP contribution >= 0.6 is 11.6 Å². The summed E-state index contributed by atoms with van der Waals surface area (Å²) in [5, 5.41) is 9.57. The van der Waals surface area contributed by atoms with Gasteiger partial charge in [-0.15, -0.1) is 0 Å². The average molecular weight is 211 g/mol. The molecule has 0 aliphatic carbocycles. The molecule has 1 heterocycles. The minimum atomic E-state index is 0.397. The van der Waals surface area contributed by atoms with Gasteiger partial charge in [-0.3, -0.25) is 0 Å². The van der Waals surface area contributed by atoms with E-state index in [-0.39, 0.29) is 0 Å². The number of hydrogen-bond donors (Lipinski definition) is 0. The highest BCUT2D eigenvalue weighted by molar-refractivity contribution is 6.32. The molecule has 1 unspecified atom stereocenters. The average Bonchev–Trinajstić information content (AvgIpc) is 2.38. The summed E-state index contributed by atoms with van der Waals surface area (Å²) in [6.07, 6.45) is 1.03. The van der Waals surface area contributed by atoms with E-state index >= 15 is 0 Å². The maximum absolute atomic E-state index is 8.94. The van der Waals surface area contributed by atoms with Crippen molar-refractivity contribution >= 4 is 11.6 Å². The zero-order valence-electron chi connectivity index (χ0n) is 9.06. The van der Waals surface area contributed by atoms with Crippen LogP contribution in [0.15, 0.2) is 0 Å². The highest BCUT2D eigenvalue weighted by Crippen LogP contribution is 2.32. The Labute approximate surface area is 90.1 Å². The van der Waals surface area contributed by atoms with Crippen LogP contribution < -0.4 is 0 Å². The van der Waals surface area contributed by atoms with Gasteiger partial charge in [0.1, 0.15) is 6.07 Å². The van der Waals surface area contributed by atoms with Crippen molar-refractivity contribution in [1.29, 1.82) is 5.26 Å². The lowest BCUT2D eigenvalue weighted by Crippen LogP contribution is -2.02. The Hall–Kier alpha value is -0.940. The van der Waals surface area contributed by atoms with Crippen molar-refractivity contribution in [3.63, 3.8) is 0 Å². The van der Waals surface area contributed by atoms with Gasteiger partial charge in [-0.2, -0.15) is 5.26 Å². The monoisotopic (exact) mass is 210 g/mol. The summed E-state index contributed by atoms with van der Waals surface area (Å²) < 4.78 is 2.02. The van der Waals surface area contributed by atoms with E-state index in [4.69, 9.17) is 16.9 Å². The lowest BCUT2D eigenvalue weighted by atomic mass is 10.0. The van der Waals surface area contributed by atoms with E-state index in [2.05, 4.69) is 19.9 Å². The number of rotatable bonds is 2. The van der Waals surface area contributed by atoms with Crippen LogP contribution in [0.1, 0.15) is 43.1 Å². The van der Waals surface area contributed by atoms with Gasteiger partial charge in [-0.1, -0.05) is 25.4 Å².